The van der Waals surface area contributed by atoms with Crippen LogP contribution in [0.5, 0.6) is 5.75 Å². The lowest BCUT2D eigenvalue weighted by Gasteiger charge is -2.38. The number of aromatic nitrogens is 4. The number of ether oxygens (including phenoxy) is 2. The lowest BCUT2D eigenvalue weighted by Crippen LogP contribution is -2.48. The van der Waals surface area contributed by atoms with Crippen LogP contribution in [0.1, 0.15) is 26.3 Å². The van der Waals surface area contributed by atoms with Crippen molar-refractivity contribution in [3.63, 3.8) is 0 Å². The van der Waals surface area contributed by atoms with E-state index in [-0.39, 0.29) is 11.2 Å². The van der Waals surface area contributed by atoms with Crippen LogP contribution in [0.2, 0.25) is 0 Å². The Balaban J connectivity index is 1.48. The van der Waals surface area contributed by atoms with Gasteiger partial charge in [0.2, 0.25) is 12.3 Å². The fourth-order valence-electron chi connectivity index (χ4n) is 4.65. The molecule has 5 rings (SSSR count). The predicted octanol–water partition coefficient (Wildman–Crippen LogP) is 4.15. The fourth-order valence-corrected chi connectivity index (χ4v) is 4.65. The van der Waals surface area contributed by atoms with Gasteiger partial charge in [0.25, 0.3) is 5.56 Å². The maximum absolute atomic E-state index is 13.6. The van der Waals surface area contributed by atoms with Gasteiger partial charge in [-0.25, -0.2) is 14.4 Å². The Kier molecular flexibility index (Phi) is 6.26. The van der Waals surface area contributed by atoms with Crippen LogP contribution in [-0.2, 0) is 18.3 Å². The number of hydrogen-bond donors (Lipinski definition) is 0. The average Bonchev–Trinajstić information content (AvgIpc) is 3.08. The molecule has 0 aliphatic carbocycles. The van der Waals surface area contributed by atoms with Gasteiger partial charge in [-0.15, -0.1) is 0 Å². The second-order valence-corrected chi connectivity index (χ2v) is 9.69. The van der Waals surface area contributed by atoms with Crippen molar-refractivity contribution in [3.8, 4) is 16.9 Å². The first-order valence-corrected chi connectivity index (χ1v) is 12.0. The molecule has 2 aromatic heterocycles. The summed E-state index contributed by atoms with van der Waals surface area (Å²) < 4.78 is 28.1. The number of morpholine rings is 1. The summed E-state index contributed by atoms with van der Waals surface area (Å²) in [5, 5.41) is 0.603. The Bertz CT molecular complexity index is 1440. The minimum absolute atomic E-state index is 0.102. The third-order valence-electron chi connectivity index (χ3n) is 6.42. The van der Waals surface area contributed by atoms with E-state index in [4.69, 9.17) is 9.47 Å². The molecule has 3 heterocycles. The first-order valence-electron chi connectivity index (χ1n) is 12.0. The normalized spacial score (nSPS) is 16.3. The summed E-state index contributed by atoms with van der Waals surface area (Å²) in [6.07, 6.45) is 2.18. The van der Waals surface area contributed by atoms with Crippen molar-refractivity contribution in [2.75, 3.05) is 24.6 Å². The topological polar surface area (TPSA) is 74.4 Å². The molecule has 0 N–H and O–H groups in total. The molecule has 1 atom stereocenters. The predicted molar refractivity (Wildman–Crippen MR) is 137 cm³/mol. The van der Waals surface area contributed by atoms with Crippen LogP contribution in [0.4, 0.5) is 10.3 Å². The Hall–Kier alpha value is -3.72. The minimum atomic E-state index is -1.44. The second-order valence-electron chi connectivity index (χ2n) is 9.69. The van der Waals surface area contributed by atoms with E-state index in [9.17, 15) is 9.18 Å². The summed E-state index contributed by atoms with van der Waals surface area (Å²) in [4.78, 5) is 24.3. The van der Waals surface area contributed by atoms with Crippen LogP contribution in [0.3, 0.4) is 0 Å². The summed E-state index contributed by atoms with van der Waals surface area (Å²) in [5.41, 5.74) is 2.95. The van der Waals surface area contributed by atoms with Gasteiger partial charge in [0.05, 0.1) is 29.7 Å². The van der Waals surface area contributed by atoms with Crippen LogP contribution in [0.25, 0.3) is 22.0 Å². The van der Waals surface area contributed by atoms with Crippen molar-refractivity contribution < 1.29 is 13.9 Å². The highest BCUT2D eigenvalue weighted by Gasteiger charge is 2.28. The lowest BCUT2D eigenvalue weighted by molar-refractivity contribution is -0.0281. The summed E-state index contributed by atoms with van der Waals surface area (Å²) in [7, 11) is 1.73. The number of alkyl halides is 1. The van der Waals surface area contributed by atoms with Gasteiger partial charge in [0.1, 0.15) is 5.75 Å². The number of anilines is 1. The van der Waals surface area contributed by atoms with Crippen molar-refractivity contribution in [2.45, 2.75) is 39.3 Å². The molecule has 1 unspecified atom stereocenters. The molecule has 8 nitrogen and oxygen atoms in total. The van der Waals surface area contributed by atoms with E-state index >= 15 is 0 Å². The molecule has 36 heavy (non-hydrogen) atoms. The van der Waals surface area contributed by atoms with E-state index in [1.807, 2.05) is 47.4 Å². The molecular weight excluding hydrogens is 461 g/mol. The Morgan fingerprint density at radius 3 is 2.61 bits per heavy atom. The van der Waals surface area contributed by atoms with Gasteiger partial charge < -0.3 is 14.4 Å². The molecule has 1 fully saturated rings. The first-order chi connectivity index (χ1) is 17.2. The van der Waals surface area contributed by atoms with E-state index in [1.165, 1.54) is 6.92 Å². The quantitative estimate of drug-likeness (QED) is 0.403. The zero-order valence-electron chi connectivity index (χ0n) is 20.9. The van der Waals surface area contributed by atoms with Gasteiger partial charge in [-0.1, -0.05) is 24.3 Å². The number of benzene rings is 2. The van der Waals surface area contributed by atoms with Crippen molar-refractivity contribution in [2.24, 2.45) is 7.05 Å². The van der Waals surface area contributed by atoms with Gasteiger partial charge >= 0.3 is 0 Å². The van der Waals surface area contributed by atoms with Crippen molar-refractivity contribution >= 4 is 16.9 Å². The van der Waals surface area contributed by atoms with Gasteiger partial charge in [-0.3, -0.25) is 14.2 Å². The summed E-state index contributed by atoms with van der Waals surface area (Å²) in [5.74, 6) is 1.12. The smallest absolute Gasteiger partial charge is 0.274 e. The molecule has 188 valence electrons. The van der Waals surface area contributed by atoms with E-state index in [0.29, 0.717) is 30.2 Å². The molecule has 0 radical (unpaired) electrons. The molecule has 1 aliphatic rings. The summed E-state index contributed by atoms with van der Waals surface area (Å²) in [6.45, 7) is 7.92. The third kappa shape index (κ3) is 4.70. The lowest BCUT2D eigenvalue weighted by atomic mass is 10.1. The zero-order chi connectivity index (χ0) is 25.4. The Labute approximate surface area is 208 Å². The second kappa shape index (κ2) is 9.39. The molecule has 9 heteroatoms. The summed E-state index contributed by atoms with van der Waals surface area (Å²) in [6, 6.07) is 13.0. The number of halogens is 1. The largest absolute Gasteiger partial charge is 0.460 e. The van der Waals surface area contributed by atoms with Gasteiger partial charge in [-0.05, 0) is 37.6 Å². The SMILES string of the molecule is CC(F)Oc1ccccc1Cn1c2cc(-c3cnc(N4CCOC(C)(C)C4)nc3)ccc2c(=O)n1C. The molecule has 0 spiro atoms. The van der Waals surface area contributed by atoms with Crippen LogP contribution >= 0.6 is 0 Å². The molecule has 0 amide bonds. The Morgan fingerprint density at radius 1 is 1.14 bits per heavy atom. The third-order valence-corrected chi connectivity index (χ3v) is 6.42. The van der Waals surface area contributed by atoms with Crippen molar-refractivity contribution in [1.29, 1.82) is 0 Å². The first kappa shape index (κ1) is 24.0. The molecule has 4 aromatic rings. The molecule has 2 aromatic carbocycles. The molecule has 0 saturated carbocycles. The molecule has 0 bridgehead atoms. The number of hydrogen-bond acceptors (Lipinski definition) is 6. The standard InChI is InChI=1S/C27H30FN5O3/c1-18(28)36-24-8-6-5-7-20(24)16-33-23-13-19(9-10-22(23)25(34)31(33)4)21-14-29-26(30-15-21)32-11-12-35-27(2,3)17-32/h5-10,13-15,18H,11-12,16-17H2,1-4H3. The zero-order valence-corrected chi connectivity index (χ0v) is 20.9. The van der Waals surface area contributed by atoms with Gasteiger partial charge in [-0.2, -0.15) is 0 Å². The van der Waals surface area contributed by atoms with E-state index in [1.54, 1.807) is 23.9 Å². The highest BCUT2D eigenvalue weighted by atomic mass is 19.1. The van der Waals surface area contributed by atoms with E-state index in [0.717, 1.165) is 35.3 Å². The average molecular weight is 492 g/mol. The fraction of sp³-hybridized carbons (Fsp3) is 0.370. The molecule has 1 aliphatic heterocycles. The number of nitrogens with zero attached hydrogens (tertiary/aromatic N) is 5. The van der Waals surface area contributed by atoms with Crippen LogP contribution < -0.4 is 15.2 Å². The van der Waals surface area contributed by atoms with Gasteiger partial charge in [0, 0.05) is 50.6 Å². The van der Waals surface area contributed by atoms with E-state index < -0.39 is 6.36 Å². The highest BCUT2D eigenvalue weighted by Crippen LogP contribution is 2.27. The van der Waals surface area contributed by atoms with Crippen LogP contribution in [-0.4, -0.2) is 51.0 Å². The van der Waals surface area contributed by atoms with Crippen LogP contribution in [0, 0.1) is 0 Å². The molecule has 1 saturated heterocycles. The van der Waals surface area contributed by atoms with Crippen LogP contribution in [0.15, 0.2) is 59.7 Å². The minimum Gasteiger partial charge on any atom is -0.460 e. The van der Waals surface area contributed by atoms with Crippen molar-refractivity contribution in [1.82, 2.24) is 19.3 Å². The maximum atomic E-state index is 13.6. The monoisotopic (exact) mass is 491 g/mol. The number of rotatable bonds is 6. The highest BCUT2D eigenvalue weighted by molar-refractivity contribution is 5.84. The number of para-hydroxylation sites is 1. The Morgan fingerprint density at radius 2 is 1.89 bits per heavy atom. The maximum Gasteiger partial charge on any atom is 0.274 e. The van der Waals surface area contributed by atoms with Crippen molar-refractivity contribution in [3.05, 3.63) is 70.8 Å². The summed E-state index contributed by atoms with van der Waals surface area (Å²) >= 11 is 0. The molecular formula is C27H30FN5O3. The van der Waals surface area contributed by atoms with E-state index in [2.05, 4.69) is 28.7 Å². The van der Waals surface area contributed by atoms with Gasteiger partial charge in [0.15, 0.2) is 0 Å². The number of fused-ring (bicyclic) bond motifs is 1.